The molecule has 3 aromatic carbocycles. The number of hydrogen-bond acceptors (Lipinski definition) is 8. The van der Waals surface area contributed by atoms with Gasteiger partial charge in [-0.15, -0.1) is 0 Å². The van der Waals surface area contributed by atoms with Crippen LogP contribution < -0.4 is 18.9 Å². The SMILES string of the molecule is O=[N+]([O-])c1cc([N+](=O)[O-])c(/C=C/c2ccc3c(c2)OCO3)cc1/C=C\c1ccc2c(c1)OCO2. The maximum absolute atomic E-state index is 11.6. The average molecular weight is 460 g/mol. The van der Waals surface area contributed by atoms with Gasteiger partial charge < -0.3 is 18.9 Å². The number of hydrogen-bond donors (Lipinski definition) is 0. The third-order valence-corrected chi connectivity index (χ3v) is 5.27. The Morgan fingerprint density at radius 3 is 1.47 bits per heavy atom. The van der Waals surface area contributed by atoms with Crippen molar-refractivity contribution >= 4 is 35.7 Å². The Hall–Kier alpha value is -4.86. The second-order valence-corrected chi connectivity index (χ2v) is 7.38. The molecule has 0 unspecified atom stereocenters. The molecule has 170 valence electrons. The molecule has 0 spiro atoms. The third kappa shape index (κ3) is 4.11. The Balaban J connectivity index is 1.51. The van der Waals surface area contributed by atoms with E-state index in [1.807, 2.05) is 0 Å². The summed E-state index contributed by atoms with van der Waals surface area (Å²) in [4.78, 5) is 22.0. The molecule has 0 aliphatic carbocycles. The molecular weight excluding hydrogens is 444 g/mol. The van der Waals surface area contributed by atoms with E-state index in [1.165, 1.54) is 18.2 Å². The van der Waals surface area contributed by atoms with Gasteiger partial charge in [0.1, 0.15) is 0 Å². The molecule has 0 amide bonds. The second-order valence-electron chi connectivity index (χ2n) is 7.38. The summed E-state index contributed by atoms with van der Waals surface area (Å²) in [5.74, 6) is 2.39. The Morgan fingerprint density at radius 2 is 1.03 bits per heavy atom. The van der Waals surface area contributed by atoms with Crippen LogP contribution in [0.1, 0.15) is 22.3 Å². The molecule has 0 atom stereocenters. The van der Waals surface area contributed by atoms with E-state index in [2.05, 4.69) is 0 Å². The van der Waals surface area contributed by atoms with Gasteiger partial charge in [0.2, 0.25) is 13.6 Å². The van der Waals surface area contributed by atoms with E-state index < -0.39 is 9.85 Å². The van der Waals surface area contributed by atoms with Gasteiger partial charge in [0.25, 0.3) is 11.4 Å². The molecule has 0 radical (unpaired) electrons. The molecule has 10 heteroatoms. The predicted octanol–water partition coefficient (Wildman–Crippen LogP) is 5.30. The summed E-state index contributed by atoms with van der Waals surface area (Å²) in [5, 5.41) is 23.3. The molecule has 2 heterocycles. The maximum Gasteiger partial charge on any atom is 0.283 e. The van der Waals surface area contributed by atoms with Crippen LogP contribution in [0.4, 0.5) is 11.4 Å². The van der Waals surface area contributed by atoms with Gasteiger partial charge in [0.05, 0.1) is 27.0 Å². The first-order chi connectivity index (χ1) is 16.5. The first-order valence-electron chi connectivity index (χ1n) is 10.1. The zero-order chi connectivity index (χ0) is 23.7. The molecule has 0 fully saturated rings. The lowest BCUT2D eigenvalue weighted by molar-refractivity contribution is -0.394. The number of nitro benzene ring substituents is 2. The van der Waals surface area contributed by atoms with Crippen LogP contribution >= 0.6 is 0 Å². The monoisotopic (exact) mass is 460 g/mol. The van der Waals surface area contributed by atoms with E-state index in [4.69, 9.17) is 18.9 Å². The van der Waals surface area contributed by atoms with Gasteiger partial charge >= 0.3 is 0 Å². The van der Waals surface area contributed by atoms with Gasteiger partial charge in [-0.25, -0.2) is 0 Å². The van der Waals surface area contributed by atoms with Crippen molar-refractivity contribution in [1.29, 1.82) is 0 Å². The van der Waals surface area contributed by atoms with Gasteiger partial charge in [-0.2, -0.15) is 0 Å². The molecule has 34 heavy (non-hydrogen) atoms. The highest BCUT2D eigenvalue weighted by Crippen LogP contribution is 2.36. The Labute approximate surface area is 192 Å². The first-order valence-corrected chi connectivity index (χ1v) is 10.1. The Morgan fingerprint density at radius 1 is 0.588 bits per heavy atom. The summed E-state index contributed by atoms with van der Waals surface area (Å²) in [7, 11) is 0. The van der Waals surface area contributed by atoms with Gasteiger partial charge in [0.15, 0.2) is 23.0 Å². The lowest BCUT2D eigenvalue weighted by Crippen LogP contribution is -1.98. The molecule has 2 aliphatic rings. The largest absolute Gasteiger partial charge is 0.454 e. The predicted molar refractivity (Wildman–Crippen MR) is 123 cm³/mol. The number of ether oxygens (including phenoxy) is 4. The number of nitro groups is 2. The van der Waals surface area contributed by atoms with Gasteiger partial charge in [0, 0.05) is 0 Å². The molecule has 0 saturated heterocycles. The summed E-state index contributed by atoms with van der Waals surface area (Å²) >= 11 is 0. The lowest BCUT2D eigenvalue weighted by Gasteiger charge is -2.04. The first kappa shape index (κ1) is 21.0. The zero-order valence-electron chi connectivity index (χ0n) is 17.5. The zero-order valence-corrected chi connectivity index (χ0v) is 17.5. The summed E-state index contributed by atoms with van der Waals surface area (Å²) < 4.78 is 21.3. The van der Waals surface area contributed by atoms with Crippen molar-refractivity contribution in [3.8, 4) is 23.0 Å². The van der Waals surface area contributed by atoms with Gasteiger partial charge in [-0.3, -0.25) is 20.2 Å². The minimum Gasteiger partial charge on any atom is -0.454 e. The fourth-order valence-electron chi connectivity index (χ4n) is 3.60. The van der Waals surface area contributed by atoms with E-state index in [1.54, 1.807) is 48.6 Å². The van der Waals surface area contributed by atoms with E-state index in [0.717, 1.165) is 17.2 Å². The highest BCUT2D eigenvalue weighted by molar-refractivity contribution is 5.82. The van der Waals surface area contributed by atoms with Crippen LogP contribution in [-0.2, 0) is 0 Å². The van der Waals surface area contributed by atoms with Gasteiger partial charge in [-0.1, -0.05) is 24.3 Å². The van der Waals surface area contributed by atoms with Crippen molar-refractivity contribution in [2.24, 2.45) is 0 Å². The summed E-state index contributed by atoms with van der Waals surface area (Å²) in [6.45, 7) is 0.269. The molecule has 5 rings (SSSR count). The molecule has 0 bridgehead atoms. The van der Waals surface area contributed by atoms with Crippen LogP contribution in [0.5, 0.6) is 23.0 Å². The summed E-state index contributed by atoms with van der Waals surface area (Å²) in [5.41, 5.74) is 1.16. The van der Waals surface area contributed by atoms with Crippen LogP contribution in [0.25, 0.3) is 24.3 Å². The van der Waals surface area contributed by atoms with E-state index in [0.29, 0.717) is 23.0 Å². The number of fused-ring (bicyclic) bond motifs is 2. The number of rotatable bonds is 6. The average Bonchev–Trinajstić information content (AvgIpc) is 3.49. The van der Waals surface area contributed by atoms with Crippen molar-refractivity contribution in [2.45, 2.75) is 0 Å². The maximum atomic E-state index is 11.6. The van der Waals surface area contributed by atoms with Crippen LogP contribution in [-0.4, -0.2) is 23.4 Å². The molecule has 3 aromatic rings. The van der Waals surface area contributed by atoms with Crippen LogP contribution in [0, 0.1) is 20.2 Å². The molecule has 0 saturated carbocycles. The summed E-state index contributed by atoms with van der Waals surface area (Å²) in [6, 6.07) is 12.9. The molecule has 0 N–H and O–H groups in total. The van der Waals surface area contributed by atoms with Crippen molar-refractivity contribution in [2.75, 3.05) is 13.6 Å². The lowest BCUT2D eigenvalue weighted by atomic mass is 10.0. The van der Waals surface area contributed by atoms with Crippen LogP contribution in [0.2, 0.25) is 0 Å². The number of benzene rings is 3. The molecule has 2 aliphatic heterocycles. The van der Waals surface area contributed by atoms with Crippen molar-refractivity contribution in [3.63, 3.8) is 0 Å². The fourth-order valence-corrected chi connectivity index (χ4v) is 3.60. The third-order valence-electron chi connectivity index (χ3n) is 5.27. The minimum absolute atomic E-state index is 0.134. The van der Waals surface area contributed by atoms with Crippen molar-refractivity contribution < 1.29 is 28.8 Å². The van der Waals surface area contributed by atoms with Crippen molar-refractivity contribution in [3.05, 3.63) is 91.0 Å². The highest BCUT2D eigenvalue weighted by Gasteiger charge is 2.22. The highest BCUT2D eigenvalue weighted by atomic mass is 16.7. The quantitative estimate of drug-likeness (QED) is 0.276. The fraction of sp³-hybridized carbons (Fsp3) is 0.0833. The molecule has 0 aromatic heterocycles. The van der Waals surface area contributed by atoms with E-state index in [9.17, 15) is 20.2 Å². The van der Waals surface area contributed by atoms with Crippen LogP contribution in [0.3, 0.4) is 0 Å². The Bertz CT molecular complexity index is 1280. The number of nitrogens with zero attached hydrogens (tertiary/aromatic N) is 2. The smallest absolute Gasteiger partial charge is 0.283 e. The van der Waals surface area contributed by atoms with E-state index >= 15 is 0 Å². The van der Waals surface area contributed by atoms with E-state index in [-0.39, 0.29) is 36.1 Å². The molecular formula is C24H16N2O8. The second kappa shape index (κ2) is 8.58. The van der Waals surface area contributed by atoms with Gasteiger partial charge in [-0.05, 0) is 53.6 Å². The summed E-state index contributed by atoms with van der Waals surface area (Å²) in [6.07, 6.45) is 6.41. The standard InChI is InChI=1S/C24H16N2O8/c27-25(28)19-12-20(26(29)30)18(6-2-16-4-8-22-24(10-16)34-14-32-22)11-17(19)5-1-15-3-7-21-23(9-15)33-13-31-21/h1-12H,13-14H2/b5-1-,6-2+. The topological polar surface area (TPSA) is 123 Å². The Kier molecular flexibility index (Phi) is 5.30. The van der Waals surface area contributed by atoms with Crippen molar-refractivity contribution in [1.82, 2.24) is 0 Å². The normalized spacial score (nSPS) is 13.6. The van der Waals surface area contributed by atoms with Crippen LogP contribution in [0.15, 0.2) is 48.5 Å². The minimum atomic E-state index is -0.641. The molecule has 10 nitrogen and oxygen atoms in total.